The number of carbonyl (C=O) groups is 2. The van der Waals surface area contributed by atoms with E-state index in [1.807, 2.05) is 62.4 Å². The molecule has 0 unspecified atom stereocenters. The summed E-state index contributed by atoms with van der Waals surface area (Å²) in [5.41, 5.74) is 4.13. The summed E-state index contributed by atoms with van der Waals surface area (Å²) in [6.45, 7) is 3.91. The number of amides is 1. The van der Waals surface area contributed by atoms with Crippen molar-refractivity contribution in [1.82, 2.24) is 5.32 Å². The third-order valence-corrected chi connectivity index (χ3v) is 4.17. The molecule has 0 aliphatic carbocycles. The Morgan fingerprint density at radius 1 is 1.00 bits per heavy atom. The summed E-state index contributed by atoms with van der Waals surface area (Å²) in [5.74, 6) is -1.25. The standard InChI is InChI=1S/C20H23NO3/c1-14-7-6-8-15(2)17(14)13-18(20(23)24)21-19(22)12-11-16-9-4-3-5-10-16/h3-10,18H,11-13H2,1-2H3,(H,21,22)(H,23,24)/t18-/m0/s1. The van der Waals surface area contributed by atoms with E-state index in [1.165, 1.54) is 0 Å². The molecule has 0 saturated heterocycles. The van der Waals surface area contributed by atoms with E-state index in [0.29, 0.717) is 12.8 Å². The van der Waals surface area contributed by atoms with Crippen molar-refractivity contribution >= 4 is 11.9 Å². The molecule has 0 aliphatic rings. The lowest BCUT2D eigenvalue weighted by Gasteiger charge is -2.17. The molecule has 0 heterocycles. The number of carboxylic acid groups (broad SMARTS) is 1. The summed E-state index contributed by atoms with van der Waals surface area (Å²) in [4.78, 5) is 23.6. The molecule has 1 amide bonds. The molecule has 126 valence electrons. The minimum absolute atomic E-state index is 0.238. The quantitative estimate of drug-likeness (QED) is 0.822. The topological polar surface area (TPSA) is 66.4 Å². The molecule has 0 radical (unpaired) electrons. The second-order valence-corrected chi connectivity index (χ2v) is 6.02. The number of benzene rings is 2. The second kappa shape index (κ2) is 8.29. The molecule has 4 nitrogen and oxygen atoms in total. The van der Waals surface area contributed by atoms with Crippen molar-refractivity contribution in [2.45, 2.75) is 39.2 Å². The fraction of sp³-hybridized carbons (Fsp3) is 0.300. The van der Waals surface area contributed by atoms with Crippen LogP contribution in [-0.4, -0.2) is 23.0 Å². The van der Waals surface area contributed by atoms with Gasteiger partial charge in [0.25, 0.3) is 0 Å². The molecule has 2 rings (SSSR count). The second-order valence-electron chi connectivity index (χ2n) is 6.02. The van der Waals surface area contributed by atoms with E-state index in [1.54, 1.807) is 0 Å². The number of nitrogens with one attached hydrogen (secondary N) is 1. The first-order valence-corrected chi connectivity index (χ1v) is 8.08. The first kappa shape index (κ1) is 17.7. The maximum Gasteiger partial charge on any atom is 0.326 e. The largest absolute Gasteiger partial charge is 0.480 e. The Balaban J connectivity index is 1.98. The van der Waals surface area contributed by atoms with Crippen LogP contribution in [0.2, 0.25) is 0 Å². The summed E-state index contributed by atoms with van der Waals surface area (Å²) in [5, 5.41) is 12.1. The normalized spacial score (nSPS) is 11.8. The van der Waals surface area contributed by atoms with Crippen LogP contribution in [0.1, 0.15) is 28.7 Å². The van der Waals surface area contributed by atoms with Crippen molar-refractivity contribution in [3.8, 4) is 0 Å². The number of aryl methyl sites for hydroxylation is 3. The van der Waals surface area contributed by atoms with Gasteiger partial charge in [0.05, 0.1) is 0 Å². The number of aliphatic carboxylic acids is 1. The lowest BCUT2D eigenvalue weighted by Crippen LogP contribution is -2.42. The number of carbonyl (C=O) groups excluding carboxylic acids is 1. The van der Waals surface area contributed by atoms with Crippen LogP contribution in [0.4, 0.5) is 0 Å². The lowest BCUT2D eigenvalue weighted by atomic mass is 9.96. The Labute approximate surface area is 142 Å². The minimum atomic E-state index is -1.01. The SMILES string of the molecule is Cc1cccc(C)c1C[C@H](NC(=O)CCc1ccccc1)C(=O)O. The summed E-state index contributed by atoms with van der Waals surface area (Å²) < 4.78 is 0. The van der Waals surface area contributed by atoms with E-state index in [9.17, 15) is 14.7 Å². The predicted molar refractivity (Wildman–Crippen MR) is 93.9 cm³/mol. The van der Waals surface area contributed by atoms with Crippen LogP contribution < -0.4 is 5.32 Å². The van der Waals surface area contributed by atoms with Gasteiger partial charge in [-0.1, -0.05) is 48.5 Å². The van der Waals surface area contributed by atoms with E-state index in [-0.39, 0.29) is 12.3 Å². The summed E-state index contributed by atoms with van der Waals surface area (Å²) in [6.07, 6.45) is 1.17. The molecule has 2 N–H and O–H groups in total. The highest BCUT2D eigenvalue weighted by Crippen LogP contribution is 2.15. The Morgan fingerprint density at radius 2 is 1.62 bits per heavy atom. The first-order chi connectivity index (χ1) is 11.5. The van der Waals surface area contributed by atoms with E-state index >= 15 is 0 Å². The van der Waals surface area contributed by atoms with Gasteiger partial charge in [-0.15, -0.1) is 0 Å². The minimum Gasteiger partial charge on any atom is -0.480 e. The van der Waals surface area contributed by atoms with Gasteiger partial charge >= 0.3 is 5.97 Å². The van der Waals surface area contributed by atoms with Crippen LogP contribution in [0, 0.1) is 13.8 Å². The van der Waals surface area contributed by atoms with Crippen LogP contribution in [0.5, 0.6) is 0 Å². The molecular formula is C20H23NO3. The van der Waals surface area contributed by atoms with Gasteiger partial charge < -0.3 is 10.4 Å². The van der Waals surface area contributed by atoms with E-state index in [0.717, 1.165) is 22.3 Å². The highest BCUT2D eigenvalue weighted by atomic mass is 16.4. The number of carboxylic acids is 1. The molecule has 2 aromatic carbocycles. The Morgan fingerprint density at radius 3 is 2.21 bits per heavy atom. The van der Waals surface area contributed by atoms with Crippen molar-refractivity contribution in [1.29, 1.82) is 0 Å². The van der Waals surface area contributed by atoms with Crippen molar-refractivity contribution in [2.75, 3.05) is 0 Å². The Kier molecular flexibility index (Phi) is 6.13. The molecule has 0 aliphatic heterocycles. The van der Waals surface area contributed by atoms with Crippen LogP contribution >= 0.6 is 0 Å². The first-order valence-electron chi connectivity index (χ1n) is 8.08. The van der Waals surface area contributed by atoms with Gasteiger partial charge in [0.2, 0.25) is 5.91 Å². The zero-order valence-electron chi connectivity index (χ0n) is 14.1. The van der Waals surface area contributed by atoms with E-state index in [4.69, 9.17) is 0 Å². The van der Waals surface area contributed by atoms with Gasteiger partial charge in [-0.2, -0.15) is 0 Å². The molecule has 0 fully saturated rings. The Hall–Kier alpha value is -2.62. The van der Waals surface area contributed by atoms with Gasteiger partial charge in [-0.3, -0.25) is 4.79 Å². The maximum atomic E-state index is 12.1. The van der Waals surface area contributed by atoms with E-state index in [2.05, 4.69) is 5.32 Å². The number of rotatable bonds is 7. The van der Waals surface area contributed by atoms with Crippen LogP contribution in [-0.2, 0) is 22.4 Å². The van der Waals surface area contributed by atoms with Gasteiger partial charge in [-0.05, 0) is 42.5 Å². The van der Waals surface area contributed by atoms with Crippen LogP contribution in [0.15, 0.2) is 48.5 Å². The van der Waals surface area contributed by atoms with Crippen LogP contribution in [0.25, 0.3) is 0 Å². The third-order valence-electron chi connectivity index (χ3n) is 4.17. The van der Waals surface area contributed by atoms with Gasteiger partial charge in [0, 0.05) is 12.8 Å². The lowest BCUT2D eigenvalue weighted by molar-refractivity contribution is -0.141. The zero-order valence-corrected chi connectivity index (χ0v) is 14.1. The maximum absolute atomic E-state index is 12.1. The van der Waals surface area contributed by atoms with Crippen molar-refractivity contribution in [3.63, 3.8) is 0 Å². The molecule has 0 spiro atoms. The van der Waals surface area contributed by atoms with Crippen molar-refractivity contribution in [2.24, 2.45) is 0 Å². The highest BCUT2D eigenvalue weighted by Gasteiger charge is 2.21. The average molecular weight is 325 g/mol. The molecule has 1 atom stereocenters. The fourth-order valence-corrected chi connectivity index (χ4v) is 2.74. The van der Waals surface area contributed by atoms with Gasteiger partial charge in [-0.25, -0.2) is 4.79 Å². The molecule has 24 heavy (non-hydrogen) atoms. The number of hydrogen-bond acceptors (Lipinski definition) is 2. The molecule has 0 saturated carbocycles. The van der Waals surface area contributed by atoms with Crippen LogP contribution in [0.3, 0.4) is 0 Å². The monoisotopic (exact) mass is 325 g/mol. The smallest absolute Gasteiger partial charge is 0.326 e. The summed E-state index contributed by atoms with van der Waals surface area (Å²) in [6, 6.07) is 14.6. The highest BCUT2D eigenvalue weighted by molar-refractivity contribution is 5.84. The zero-order chi connectivity index (χ0) is 17.5. The Bertz CT molecular complexity index is 690. The molecule has 2 aromatic rings. The molecule has 0 bridgehead atoms. The molecule has 4 heteroatoms. The predicted octanol–water partition coefficient (Wildman–Crippen LogP) is 3.05. The van der Waals surface area contributed by atoms with Crippen molar-refractivity contribution < 1.29 is 14.7 Å². The number of hydrogen-bond donors (Lipinski definition) is 2. The molecular weight excluding hydrogens is 302 g/mol. The fourth-order valence-electron chi connectivity index (χ4n) is 2.74. The summed E-state index contributed by atoms with van der Waals surface area (Å²) >= 11 is 0. The molecule has 0 aromatic heterocycles. The third kappa shape index (κ3) is 4.95. The average Bonchev–Trinajstić information content (AvgIpc) is 2.56. The summed E-state index contributed by atoms with van der Waals surface area (Å²) in [7, 11) is 0. The van der Waals surface area contributed by atoms with Gasteiger partial charge in [0.1, 0.15) is 6.04 Å². The van der Waals surface area contributed by atoms with Gasteiger partial charge in [0.15, 0.2) is 0 Å². The van der Waals surface area contributed by atoms with Crippen molar-refractivity contribution in [3.05, 3.63) is 70.8 Å². The van der Waals surface area contributed by atoms with E-state index < -0.39 is 12.0 Å².